The number of rotatable bonds is 4. The van der Waals surface area contributed by atoms with Crippen molar-refractivity contribution in [2.45, 2.75) is 39.7 Å². The van der Waals surface area contributed by atoms with Gasteiger partial charge in [-0.2, -0.15) is 0 Å². The van der Waals surface area contributed by atoms with E-state index < -0.39 is 0 Å². The summed E-state index contributed by atoms with van der Waals surface area (Å²) in [5.74, 6) is 1.86. The zero-order valence-corrected chi connectivity index (χ0v) is 9.75. The SMILES string of the molecule is CC1(C)CCCC1CNCc1ccco1. The molecule has 0 radical (unpaired) electrons. The molecule has 1 saturated carbocycles. The van der Waals surface area contributed by atoms with Crippen LogP contribution in [0, 0.1) is 11.3 Å². The Labute approximate surface area is 92.1 Å². The molecule has 0 spiro atoms. The molecule has 1 aromatic rings. The van der Waals surface area contributed by atoms with Gasteiger partial charge in [-0.3, -0.25) is 0 Å². The van der Waals surface area contributed by atoms with E-state index in [0.29, 0.717) is 5.41 Å². The molecule has 2 rings (SSSR count). The molecule has 2 nitrogen and oxygen atoms in total. The lowest BCUT2D eigenvalue weighted by molar-refractivity contribution is 0.249. The third kappa shape index (κ3) is 2.63. The molecule has 1 atom stereocenters. The van der Waals surface area contributed by atoms with Crippen molar-refractivity contribution in [1.29, 1.82) is 0 Å². The van der Waals surface area contributed by atoms with E-state index in [1.807, 2.05) is 12.1 Å². The molecule has 0 aromatic carbocycles. The predicted octanol–water partition coefficient (Wildman–Crippen LogP) is 3.20. The van der Waals surface area contributed by atoms with Crippen LogP contribution in [0.4, 0.5) is 0 Å². The van der Waals surface area contributed by atoms with Crippen LogP contribution < -0.4 is 5.32 Å². The fourth-order valence-electron chi connectivity index (χ4n) is 2.56. The largest absolute Gasteiger partial charge is 0.468 e. The highest BCUT2D eigenvalue weighted by atomic mass is 16.3. The lowest BCUT2D eigenvalue weighted by Gasteiger charge is -2.27. The van der Waals surface area contributed by atoms with Gasteiger partial charge in [-0.1, -0.05) is 20.3 Å². The molecule has 1 unspecified atom stereocenters. The molecule has 15 heavy (non-hydrogen) atoms. The summed E-state index contributed by atoms with van der Waals surface area (Å²) in [6.07, 6.45) is 5.87. The van der Waals surface area contributed by atoms with Crippen molar-refractivity contribution in [3.8, 4) is 0 Å². The zero-order valence-electron chi connectivity index (χ0n) is 9.75. The minimum Gasteiger partial charge on any atom is -0.468 e. The van der Waals surface area contributed by atoms with Crippen molar-refractivity contribution in [3.05, 3.63) is 24.2 Å². The molecule has 0 saturated heterocycles. The Balaban J connectivity index is 1.74. The van der Waals surface area contributed by atoms with E-state index in [4.69, 9.17) is 4.42 Å². The van der Waals surface area contributed by atoms with E-state index in [1.54, 1.807) is 6.26 Å². The van der Waals surface area contributed by atoms with Crippen LogP contribution in [0.5, 0.6) is 0 Å². The second-order valence-electron chi connectivity index (χ2n) is 5.29. The molecule has 84 valence electrons. The van der Waals surface area contributed by atoms with Gasteiger partial charge in [0, 0.05) is 0 Å². The molecule has 0 aliphatic heterocycles. The van der Waals surface area contributed by atoms with Crippen molar-refractivity contribution in [2.24, 2.45) is 11.3 Å². The van der Waals surface area contributed by atoms with E-state index >= 15 is 0 Å². The van der Waals surface area contributed by atoms with Gasteiger partial charge in [-0.25, -0.2) is 0 Å². The van der Waals surface area contributed by atoms with Crippen LogP contribution in [-0.2, 0) is 6.54 Å². The van der Waals surface area contributed by atoms with Crippen molar-refractivity contribution in [3.63, 3.8) is 0 Å². The highest BCUT2D eigenvalue weighted by Gasteiger charge is 2.33. The minimum absolute atomic E-state index is 0.524. The fourth-order valence-corrected chi connectivity index (χ4v) is 2.56. The quantitative estimate of drug-likeness (QED) is 0.820. The summed E-state index contributed by atoms with van der Waals surface area (Å²) in [4.78, 5) is 0. The summed E-state index contributed by atoms with van der Waals surface area (Å²) in [5.41, 5.74) is 0.524. The Kier molecular flexibility index (Phi) is 3.15. The molecule has 1 aliphatic rings. The molecule has 0 bridgehead atoms. The minimum atomic E-state index is 0.524. The van der Waals surface area contributed by atoms with Crippen molar-refractivity contribution in [2.75, 3.05) is 6.54 Å². The monoisotopic (exact) mass is 207 g/mol. The standard InChI is InChI=1S/C13H21NO/c1-13(2)7-3-5-11(13)9-14-10-12-6-4-8-15-12/h4,6,8,11,14H,3,5,7,9-10H2,1-2H3. The lowest BCUT2D eigenvalue weighted by Crippen LogP contribution is -2.29. The topological polar surface area (TPSA) is 25.2 Å². The van der Waals surface area contributed by atoms with Gasteiger partial charge in [0.15, 0.2) is 0 Å². The average molecular weight is 207 g/mol. The molecule has 2 heteroatoms. The van der Waals surface area contributed by atoms with Crippen molar-refractivity contribution in [1.82, 2.24) is 5.32 Å². The molecule has 1 fully saturated rings. The molecule has 1 N–H and O–H groups in total. The number of nitrogens with one attached hydrogen (secondary N) is 1. The smallest absolute Gasteiger partial charge is 0.117 e. The number of furan rings is 1. The second-order valence-corrected chi connectivity index (χ2v) is 5.29. The summed E-state index contributed by atoms with van der Waals surface area (Å²) in [6.45, 7) is 6.76. The van der Waals surface area contributed by atoms with Crippen LogP contribution in [-0.4, -0.2) is 6.54 Å². The molecule has 1 heterocycles. The van der Waals surface area contributed by atoms with Crippen LogP contribution in [0.25, 0.3) is 0 Å². The summed E-state index contributed by atoms with van der Waals surface area (Å²) < 4.78 is 5.29. The van der Waals surface area contributed by atoms with Gasteiger partial charge in [-0.05, 0) is 42.9 Å². The summed E-state index contributed by atoms with van der Waals surface area (Å²) in [7, 11) is 0. The molecular weight excluding hydrogens is 186 g/mol. The normalized spacial score (nSPS) is 24.5. The van der Waals surface area contributed by atoms with Crippen molar-refractivity contribution < 1.29 is 4.42 Å². The molecule has 1 aliphatic carbocycles. The van der Waals surface area contributed by atoms with Crippen LogP contribution in [0.3, 0.4) is 0 Å². The van der Waals surface area contributed by atoms with Gasteiger partial charge in [0.25, 0.3) is 0 Å². The highest BCUT2D eigenvalue weighted by molar-refractivity contribution is 4.97. The van der Waals surface area contributed by atoms with E-state index in [-0.39, 0.29) is 0 Å². The van der Waals surface area contributed by atoms with Crippen LogP contribution in [0.15, 0.2) is 22.8 Å². The number of hydrogen-bond acceptors (Lipinski definition) is 2. The predicted molar refractivity (Wildman–Crippen MR) is 61.5 cm³/mol. The maximum Gasteiger partial charge on any atom is 0.117 e. The fraction of sp³-hybridized carbons (Fsp3) is 0.692. The van der Waals surface area contributed by atoms with Gasteiger partial charge in [0.05, 0.1) is 12.8 Å². The zero-order chi connectivity index (χ0) is 10.7. The van der Waals surface area contributed by atoms with Crippen molar-refractivity contribution >= 4 is 0 Å². The van der Waals surface area contributed by atoms with E-state index in [0.717, 1.165) is 24.8 Å². The summed E-state index contributed by atoms with van der Waals surface area (Å²) >= 11 is 0. The van der Waals surface area contributed by atoms with Gasteiger partial charge in [-0.15, -0.1) is 0 Å². The maximum absolute atomic E-state index is 5.29. The third-order valence-electron chi connectivity index (χ3n) is 3.75. The molecule has 0 amide bonds. The first-order valence-electron chi connectivity index (χ1n) is 5.91. The Bertz CT molecular complexity index is 289. The van der Waals surface area contributed by atoms with Gasteiger partial charge in [0.2, 0.25) is 0 Å². The van der Waals surface area contributed by atoms with E-state index in [2.05, 4.69) is 19.2 Å². The second kappa shape index (κ2) is 4.40. The number of hydrogen-bond donors (Lipinski definition) is 1. The summed E-state index contributed by atoms with van der Waals surface area (Å²) in [5, 5.41) is 3.49. The highest BCUT2D eigenvalue weighted by Crippen LogP contribution is 2.41. The van der Waals surface area contributed by atoms with Crippen LogP contribution >= 0.6 is 0 Å². The summed E-state index contributed by atoms with van der Waals surface area (Å²) in [6, 6.07) is 3.96. The first-order valence-corrected chi connectivity index (χ1v) is 5.91. The van der Waals surface area contributed by atoms with Gasteiger partial charge < -0.3 is 9.73 Å². The van der Waals surface area contributed by atoms with Gasteiger partial charge in [0.1, 0.15) is 5.76 Å². The van der Waals surface area contributed by atoms with Gasteiger partial charge >= 0.3 is 0 Å². The first kappa shape index (κ1) is 10.7. The Morgan fingerprint density at radius 2 is 2.40 bits per heavy atom. The molecular formula is C13H21NO. The first-order chi connectivity index (χ1) is 7.18. The van der Waals surface area contributed by atoms with Crippen LogP contribution in [0.1, 0.15) is 38.9 Å². The van der Waals surface area contributed by atoms with E-state index in [1.165, 1.54) is 19.3 Å². The van der Waals surface area contributed by atoms with E-state index in [9.17, 15) is 0 Å². The molecule has 1 aromatic heterocycles. The van der Waals surface area contributed by atoms with Crippen LogP contribution in [0.2, 0.25) is 0 Å². The Hall–Kier alpha value is -0.760. The maximum atomic E-state index is 5.29. The lowest BCUT2D eigenvalue weighted by atomic mass is 9.82. The Morgan fingerprint density at radius 3 is 3.00 bits per heavy atom. The Morgan fingerprint density at radius 1 is 1.53 bits per heavy atom. The third-order valence-corrected chi connectivity index (χ3v) is 3.75. The average Bonchev–Trinajstić information content (AvgIpc) is 2.77.